The van der Waals surface area contributed by atoms with Gasteiger partial charge in [0.2, 0.25) is 76.8 Å². The lowest BCUT2D eigenvalue weighted by atomic mass is 9.95. The maximum Gasteiger partial charge on any atom is 0.246 e. The Bertz CT molecular complexity index is 3690. The van der Waals surface area contributed by atoms with Crippen molar-refractivity contribution in [2.45, 2.75) is 203 Å². The van der Waals surface area contributed by atoms with E-state index in [9.17, 15) is 54.0 Å². The molecule has 574 valence electrons. The second-order valence-corrected chi connectivity index (χ2v) is 27.7. The first kappa shape index (κ1) is 82.9. The molecule has 0 saturated carbocycles. The Morgan fingerprint density at radius 3 is 1.47 bits per heavy atom. The zero-order valence-corrected chi connectivity index (χ0v) is 60.0. The standard InChI is InChI=1S/C74H100N14O18/c1-40(2)33-50-66(98)85-55(37-45-21-13-8-14-22-45)74(105)88-32-16-24-56(88)71(103)84-52(35-44-19-11-7-12-20-44)68(100)82-51(34-43-17-9-6-10-18-43)67(99)83-54(38-59(93)86-73-61(77-42(5)90)63(95)62(94)57(39-89)106-73)69(101)78-49(29-30-58(76)92)65(97)81-53(36-46-25-27-47(91)28-26-46)70(102)87-60(41(3)4)72(104)79-48(23-15-31-75)64(96)80-50/h6-14,17-22,25-28,40-41,48-57,60-63,73,89,91,94-95H,15-16,23-24,29-39,75H2,1-5H3,(H2,76,92)(H,77,90)(H,78,101)(H,79,104)(H,80,96)(H,81,97)(H,82,100)(H,83,99)(H,84,103)(H,85,98)(H,86,93)(H,87,102)/t48-,49-,50-,51+,52-,53-,54-,55+,56-,57+,60-,61+,62+,63+,73+/m0/s1. The number of nitrogens with zero attached hydrogens (tertiary/aromatic N) is 1. The van der Waals surface area contributed by atoms with Crippen LogP contribution in [0.1, 0.15) is 108 Å². The van der Waals surface area contributed by atoms with Crippen LogP contribution in [-0.4, -0.2) is 213 Å². The van der Waals surface area contributed by atoms with Crippen molar-refractivity contribution in [1.29, 1.82) is 0 Å². The van der Waals surface area contributed by atoms with Crippen molar-refractivity contribution in [2.75, 3.05) is 19.7 Å². The number of phenols is 1. The van der Waals surface area contributed by atoms with Crippen molar-refractivity contribution in [3.05, 3.63) is 138 Å². The smallest absolute Gasteiger partial charge is 0.246 e. The van der Waals surface area contributed by atoms with E-state index in [1.54, 1.807) is 105 Å². The molecular weight excluding hydrogens is 1370 g/mol. The molecule has 4 aromatic carbocycles. The van der Waals surface area contributed by atoms with Crippen molar-refractivity contribution in [3.8, 4) is 5.75 Å². The summed E-state index contributed by atoms with van der Waals surface area (Å²) in [5, 5.41) is 71.2. The Morgan fingerprint density at radius 1 is 0.538 bits per heavy atom. The average Bonchev–Trinajstić information content (AvgIpc) is 1.01. The molecule has 0 bridgehead atoms. The van der Waals surface area contributed by atoms with Gasteiger partial charge in [-0.1, -0.05) is 131 Å². The summed E-state index contributed by atoms with van der Waals surface area (Å²) in [6, 6.07) is 13.6. The number of amides is 13. The van der Waals surface area contributed by atoms with Gasteiger partial charge in [0.1, 0.15) is 90.5 Å². The minimum atomic E-state index is -2.11. The van der Waals surface area contributed by atoms with Crippen LogP contribution in [0.15, 0.2) is 115 Å². The van der Waals surface area contributed by atoms with E-state index in [0.29, 0.717) is 28.7 Å². The van der Waals surface area contributed by atoms with E-state index in [-0.39, 0.29) is 76.1 Å². The van der Waals surface area contributed by atoms with Crippen LogP contribution in [0.4, 0.5) is 0 Å². The molecule has 3 aliphatic heterocycles. The van der Waals surface area contributed by atoms with Crippen molar-refractivity contribution >= 4 is 76.8 Å². The Kier molecular flexibility index (Phi) is 31.4. The van der Waals surface area contributed by atoms with Crippen molar-refractivity contribution in [3.63, 3.8) is 0 Å². The monoisotopic (exact) mass is 1470 g/mol. The van der Waals surface area contributed by atoms with Gasteiger partial charge in [-0.3, -0.25) is 62.3 Å². The van der Waals surface area contributed by atoms with Crippen LogP contribution in [0, 0.1) is 11.8 Å². The summed E-state index contributed by atoms with van der Waals surface area (Å²) in [4.78, 5) is 191. The van der Waals surface area contributed by atoms with Crippen LogP contribution in [0.3, 0.4) is 0 Å². The number of hydrogen-bond donors (Lipinski definition) is 17. The summed E-state index contributed by atoms with van der Waals surface area (Å²) in [7, 11) is 0. The molecule has 3 fully saturated rings. The van der Waals surface area contributed by atoms with E-state index in [1.807, 2.05) is 13.8 Å². The van der Waals surface area contributed by atoms with Crippen LogP contribution in [0.2, 0.25) is 0 Å². The van der Waals surface area contributed by atoms with E-state index in [1.165, 1.54) is 29.2 Å². The Balaban J connectivity index is 1.36. The zero-order chi connectivity index (χ0) is 77.3. The predicted octanol–water partition coefficient (Wildman–Crippen LogP) is -2.81. The van der Waals surface area contributed by atoms with Crippen LogP contribution < -0.4 is 70.0 Å². The van der Waals surface area contributed by atoms with Gasteiger partial charge in [-0.05, 0) is 91.3 Å². The van der Waals surface area contributed by atoms with E-state index < -0.39 is 200 Å². The molecule has 106 heavy (non-hydrogen) atoms. The topological polar surface area (TPSA) is 500 Å². The quantitative estimate of drug-likeness (QED) is 0.0378. The number of nitrogens with one attached hydrogen (secondary N) is 11. The summed E-state index contributed by atoms with van der Waals surface area (Å²) in [6.07, 6.45) is -9.70. The lowest BCUT2D eigenvalue weighted by Crippen LogP contribution is -2.68. The van der Waals surface area contributed by atoms with E-state index in [2.05, 4.69) is 58.5 Å². The highest BCUT2D eigenvalue weighted by Crippen LogP contribution is 2.24. The molecule has 15 atom stereocenters. The van der Waals surface area contributed by atoms with Gasteiger partial charge in [0.25, 0.3) is 0 Å². The maximum absolute atomic E-state index is 15.3. The number of hydrogen-bond acceptors (Lipinski definition) is 19. The molecule has 3 heterocycles. The summed E-state index contributed by atoms with van der Waals surface area (Å²) in [5.41, 5.74) is 13.5. The van der Waals surface area contributed by atoms with Gasteiger partial charge in [-0.2, -0.15) is 0 Å². The van der Waals surface area contributed by atoms with Gasteiger partial charge in [0.05, 0.1) is 13.0 Å². The summed E-state index contributed by atoms with van der Waals surface area (Å²) in [5.74, 6) is -13.6. The third-order valence-corrected chi connectivity index (χ3v) is 18.4. The molecule has 3 saturated heterocycles. The fourth-order valence-corrected chi connectivity index (χ4v) is 12.8. The van der Waals surface area contributed by atoms with Gasteiger partial charge in [-0.15, -0.1) is 0 Å². The zero-order valence-electron chi connectivity index (χ0n) is 60.0. The van der Waals surface area contributed by atoms with Crippen LogP contribution in [0.5, 0.6) is 5.75 Å². The number of ether oxygens (including phenoxy) is 1. The number of nitrogens with two attached hydrogens (primary N) is 2. The Hall–Kier alpha value is -10.4. The molecule has 0 radical (unpaired) electrons. The first-order valence-electron chi connectivity index (χ1n) is 35.6. The predicted molar refractivity (Wildman–Crippen MR) is 383 cm³/mol. The number of aliphatic hydroxyl groups is 3. The van der Waals surface area contributed by atoms with Crippen LogP contribution >= 0.6 is 0 Å². The fraction of sp³-hybridized carbons (Fsp3) is 0.500. The van der Waals surface area contributed by atoms with E-state index in [0.717, 1.165) is 6.92 Å². The molecule has 0 spiro atoms. The van der Waals surface area contributed by atoms with E-state index >= 15 is 28.8 Å². The van der Waals surface area contributed by atoms with Crippen LogP contribution in [-0.2, 0) is 92.7 Å². The molecule has 19 N–H and O–H groups in total. The summed E-state index contributed by atoms with van der Waals surface area (Å²) >= 11 is 0. The average molecular weight is 1470 g/mol. The number of carbonyl (C=O) groups excluding carboxylic acids is 13. The molecule has 0 aliphatic carbocycles. The molecule has 0 aromatic heterocycles. The molecule has 0 unspecified atom stereocenters. The lowest BCUT2D eigenvalue weighted by Gasteiger charge is -2.42. The SMILES string of the molecule is CC(=O)N[C@@H]1[C@@H](O)[C@H](O)[C@@H](CO)O[C@H]1NC(=O)C[C@@H]1NC(=O)[C@@H](Cc2ccccc2)NC(=O)[C@H](Cc2ccccc2)NC(=O)[C@@H]2CCCN2C(=O)[C@@H](Cc2ccccc2)NC(=O)[C@H](CC(C)C)NC(=O)[C@H](CCCN)NC(=O)[C@H](C(C)C)NC(=O)[C@H](Cc2ccc(O)cc2)NC(=O)[C@H](CCC(N)=O)NC1=O. The lowest BCUT2D eigenvalue weighted by molar-refractivity contribution is -0.203. The molecule has 32 nitrogen and oxygen atoms in total. The molecule has 7 rings (SSSR count). The Morgan fingerprint density at radius 2 is 0.972 bits per heavy atom. The second-order valence-electron chi connectivity index (χ2n) is 27.7. The molecule has 13 amide bonds. The van der Waals surface area contributed by atoms with Gasteiger partial charge < -0.3 is 100 Å². The fourth-order valence-electron chi connectivity index (χ4n) is 12.8. The number of aromatic hydroxyl groups is 1. The number of rotatable bonds is 22. The first-order chi connectivity index (χ1) is 50.5. The first-order valence-corrected chi connectivity index (χ1v) is 35.6. The summed E-state index contributed by atoms with van der Waals surface area (Å²) in [6.45, 7) is 7.03. The van der Waals surface area contributed by atoms with E-state index in [4.69, 9.17) is 16.2 Å². The van der Waals surface area contributed by atoms with Gasteiger partial charge in [0, 0.05) is 45.6 Å². The van der Waals surface area contributed by atoms with Crippen LogP contribution in [0.25, 0.3) is 0 Å². The largest absolute Gasteiger partial charge is 0.508 e. The number of carbonyl (C=O) groups is 13. The third kappa shape index (κ3) is 24.6. The number of primary amides is 1. The molecular formula is C74H100N14O18. The van der Waals surface area contributed by atoms with Gasteiger partial charge in [-0.25, -0.2) is 0 Å². The van der Waals surface area contributed by atoms with Gasteiger partial charge in [0.15, 0.2) is 6.23 Å². The summed E-state index contributed by atoms with van der Waals surface area (Å²) < 4.78 is 5.73. The molecule has 3 aliphatic rings. The molecule has 32 heteroatoms. The highest BCUT2D eigenvalue weighted by molar-refractivity contribution is 6.01. The normalized spacial score (nSPS) is 26.6. The van der Waals surface area contributed by atoms with Crippen molar-refractivity contribution in [2.24, 2.45) is 23.3 Å². The minimum absolute atomic E-state index is 0.0275. The highest BCUT2D eigenvalue weighted by atomic mass is 16.5. The van der Waals surface area contributed by atoms with Gasteiger partial charge >= 0.3 is 0 Å². The second kappa shape index (κ2) is 40.2. The van der Waals surface area contributed by atoms with Crippen molar-refractivity contribution in [1.82, 2.24) is 63.4 Å². The highest BCUT2D eigenvalue weighted by Gasteiger charge is 2.47. The number of fused-ring (bicyclic) bond motifs is 1. The maximum atomic E-state index is 15.3. The number of phenolic OH excluding ortho intramolecular Hbond substituents is 1. The minimum Gasteiger partial charge on any atom is -0.508 e. The molecule has 4 aromatic rings. The van der Waals surface area contributed by atoms with Crippen molar-refractivity contribution < 1.29 is 87.5 Å². The third-order valence-electron chi connectivity index (χ3n) is 18.4. The number of benzene rings is 4. The number of aliphatic hydroxyl groups excluding tert-OH is 3. The Labute approximate surface area is 614 Å².